The van der Waals surface area contributed by atoms with Gasteiger partial charge < -0.3 is 30.2 Å². The minimum Gasteiger partial charge on any atom is -0.459 e. The van der Waals surface area contributed by atoms with E-state index in [1.165, 1.54) is 10.9 Å². The number of nitrogens with zero attached hydrogens (tertiary/aromatic N) is 2. The first-order chi connectivity index (χ1) is 23.4. The number of carbonyl (C=O) groups is 5. The van der Waals surface area contributed by atoms with Gasteiger partial charge in [0.05, 0.1) is 5.69 Å². The first-order valence-corrected chi connectivity index (χ1v) is 17.5. The van der Waals surface area contributed by atoms with Crippen molar-refractivity contribution in [2.75, 3.05) is 0 Å². The Morgan fingerprint density at radius 3 is 1.75 bits per heavy atom. The molecule has 1 aromatic carbocycles. The van der Waals surface area contributed by atoms with Gasteiger partial charge in [-0.25, -0.2) is 19.4 Å². The Morgan fingerprint density at radius 1 is 0.745 bits per heavy atom. The summed E-state index contributed by atoms with van der Waals surface area (Å²) >= 11 is 0. The van der Waals surface area contributed by atoms with Crippen molar-refractivity contribution in [3.05, 3.63) is 53.1 Å². The SMILES string of the molecule is Cc1c(COC(=O)C(NC(=O)C(NC(=O)OC(C)(C)C)C(C)C)C(C)C)cccc1C(C)c1cn(C(=O)C(NC(=O)OC(C)(C)C)C(C)C)cn1. The third-order valence-corrected chi connectivity index (χ3v) is 8.07. The van der Waals surface area contributed by atoms with E-state index in [0.29, 0.717) is 5.69 Å². The Morgan fingerprint density at radius 2 is 1.25 bits per heavy atom. The second kappa shape index (κ2) is 17.7. The van der Waals surface area contributed by atoms with Crippen LogP contribution in [0, 0.1) is 24.7 Å². The van der Waals surface area contributed by atoms with Crippen LogP contribution in [0.15, 0.2) is 30.7 Å². The maximum Gasteiger partial charge on any atom is 0.408 e. The predicted molar refractivity (Wildman–Crippen MR) is 194 cm³/mol. The molecule has 0 fully saturated rings. The lowest BCUT2D eigenvalue weighted by Crippen LogP contribution is -2.55. The molecule has 4 atom stereocenters. The Hall–Kier alpha value is -4.42. The average molecular weight is 714 g/mol. The van der Waals surface area contributed by atoms with E-state index in [-0.39, 0.29) is 36.2 Å². The fourth-order valence-corrected chi connectivity index (χ4v) is 5.23. The molecule has 0 saturated heterocycles. The van der Waals surface area contributed by atoms with Crippen LogP contribution in [0.3, 0.4) is 0 Å². The van der Waals surface area contributed by atoms with Crippen molar-refractivity contribution in [2.45, 2.75) is 139 Å². The molecule has 13 nitrogen and oxygen atoms in total. The van der Waals surface area contributed by atoms with Crippen molar-refractivity contribution in [3.63, 3.8) is 0 Å². The molecule has 0 radical (unpaired) electrons. The van der Waals surface area contributed by atoms with E-state index in [0.717, 1.165) is 16.7 Å². The molecular weight excluding hydrogens is 654 g/mol. The number of hydrogen-bond acceptors (Lipinski definition) is 9. The number of imidazole rings is 1. The third kappa shape index (κ3) is 13.0. The summed E-state index contributed by atoms with van der Waals surface area (Å²) in [5.41, 5.74) is 1.78. The van der Waals surface area contributed by atoms with E-state index in [2.05, 4.69) is 20.9 Å². The highest BCUT2D eigenvalue weighted by atomic mass is 16.6. The number of aromatic nitrogens is 2. The van der Waals surface area contributed by atoms with E-state index < -0.39 is 53.4 Å². The van der Waals surface area contributed by atoms with E-state index in [4.69, 9.17) is 14.2 Å². The molecule has 0 aliphatic rings. The minimum atomic E-state index is -0.956. The smallest absolute Gasteiger partial charge is 0.408 e. The summed E-state index contributed by atoms with van der Waals surface area (Å²) in [5, 5.41) is 8.06. The summed E-state index contributed by atoms with van der Waals surface area (Å²) in [6.07, 6.45) is 1.70. The fraction of sp³-hybridized carbons (Fsp3) is 0.632. The van der Waals surface area contributed by atoms with Crippen molar-refractivity contribution < 1.29 is 38.2 Å². The van der Waals surface area contributed by atoms with Gasteiger partial charge in [-0.05, 0) is 82.9 Å². The molecule has 0 aliphatic heterocycles. The zero-order valence-electron chi connectivity index (χ0n) is 32.8. The van der Waals surface area contributed by atoms with Crippen LogP contribution < -0.4 is 16.0 Å². The topological polar surface area (TPSA) is 167 Å². The molecule has 2 rings (SSSR count). The molecule has 3 amide bonds. The van der Waals surface area contributed by atoms with Crippen LogP contribution in [0.1, 0.15) is 123 Å². The summed E-state index contributed by atoms with van der Waals surface area (Å²) in [7, 11) is 0. The molecule has 284 valence electrons. The van der Waals surface area contributed by atoms with Crippen molar-refractivity contribution in [1.29, 1.82) is 0 Å². The van der Waals surface area contributed by atoms with Gasteiger partial charge in [0.2, 0.25) is 5.91 Å². The van der Waals surface area contributed by atoms with Gasteiger partial charge in [0, 0.05) is 12.1 Å². The maximum absolute atomic E-state index is 13.4. The van der Waals surface area contributed by atoms with Gasteiger partial charge in [0.25, 0.3) is 5.91 Å². The monoisotopic (exact) mass is 713 g/mol. The lowest BCUT2D eigenvalue weighted by Gasteiger charge is -2.28. The number of alkyl carbamates (subject to hydrolysis) is 2. The van der Waals surface area contributed by atoms with E-state index >= 15 is 0 Å². The van der Waals surface area contributed by atoms with E-state index in [1.54, 1.807) is 75.4 Å². The van der Waals surface area contributed by atoms with Gasteiger partial charge in [0.1, 0.15) is 42.3 Å². The highest BCUT2D eigenvalue weighted by Crippen LogP contribution is 2.28. The largest absolute Gasteiger partial charge is 0.459 e. The van der Waals surface area contributed by atoms with E-state index in [9.17, 15) is 24.0 Å². The van der Waals surface area contributed by atoms with Crippen LogP contribution in [-0.4, -0.2) is 68.8 Å². The highest BCUT2D eigenvalue weighted by molar-refractivity contribution is 5.90. The second-order valence-electron chi connectivity index (χ2n) is 16.0. The molecule has 0 aliphatic carbocycles. The molecule has 0 spiro atoms. The number of benzene rings is 1. The van der Waals surface area contributed by atoms with Crippen molar-refractivity contribution in [2.24, 2.45) is 17.8 Å². The summed E-state index contributed by atoms with van der Waals surface area (Å²) in [5.74, 6) is -2.46. The molecule has 4 unspecified atom stereocenters. The van der Waals surface area contributed by atoms with Crippen molar-refractivity contribution >= 4 is 30.0 Å². The standard InChI is InChI=1S/C38H59N5O8/c1-21(2)29(41-35(47)50-37(9,10)11)32(44)40-31(23(5)6)34(46)49-19-26-16-15-17-27(24(26)7)25(8)28-18-43(20-39-28)33(45)30(22(3)4)42-36(48)51-38(12,13)14/h15-18,20-23,25,29-31H,19H2,1-14H3,(H,40,44)(H,41,47)(H,42,48). The predicted octanol–water partition coefficient (Wildman–Crippen LogP) is 6.27. The Balaban J connectivity index is 2.17. The van der Waals surface area contributed by atoms with Crippen LogP contribution >= 0.6 is 0 Å². The minimum absolute atomic E-state index is 0.0343. The quantitative estimate of drug-likeness (QED) is 0.160. The first-order valence-electron chi connectivity index (χ1n) is 17.5. The van der Waals surface area contributed by atoms with Crippen LogP contribution in [0.2, 0.25) is 0 Å². The molecule has 13 heteroatoms. The lowest BCUT2D eigenvalue weighted by molar-refractivity contribution is -0.150. The molecule has 0 bridgehead atoms. The molecule has 2 aromatic rings. The van der Waals surface area contributed by atoms with E-state index in [1.807, 2.05) is 45.9 Å². The van der Waals surface area contributed by atoms with Gasteiger partial charge in [-0.15, -0.1) is 0 Å². The zero-order chi connectivity index (χ0) is 39.0. The lowest BCUT2D eigenvalue weighted by atomic mass is 9.91. The third-order valence-electron chi connectivity index (χ3n) is 8.07. The van der Waals surface area contributed by atoms with Gasteiger partial charge in [0.15, 0.2) is 0 Å². The molecule has 0 saturated carbocycles. The molecule has 51 heavy (non-hydrogen) atoms. The van der Waals surface area contributed by atoms with Crippen LogP contribution in [-0.2, 0) is 30.4 Å². The Bertz CT molecular complexity index is 1530. The van der Waals surface area contributed by atoms with Crippen LogP contribution in [0.25, 0.3) is 0 Å². The van der Waals surface area contributed by atoms with Crippen LogP contribution in [0.5, 0.6) is 0 Å². The van der Waals surface area contributed by atoms with Crippen molar-refractivity contribution in [1.82, 2.24) is 25.5 Å². The highest BCUT2D eigenvalue weighted by Gasteiger charge is 2.33. The summed E-state index contributed by atoms with van der Waals surface area (Å²) < 4.78 is 17.8. The number of hydrogen-bond donors (Lipinski definition) is 3. The zero-order valence-corrected chi connectivity index (χ0v) is 32.8. The number of carbonyl (C=O) groups excluding carboxylic acids is 5. The summed E-state index contributed by atoms with van der Waals surface area (Å²) in [6.45, 7) is 25.2. The van der Waals surface area contributed by atoms with Gasteiger partial charge in [-0.1, -0.05) is 66.7 Å². The number of ether oxygens (including phenoxy) is 3. The number of esters is 1. The molecule has 3 N–H and O–H groups in total. The van der Waals surface area contributed by atoms with Crippen molar-refractivity contribution in [3.8, 4) is 0 Å². The second-order valence-corrected chi connectivity index (χ2v) is 16.0. The number of nitrogens with one attached hydrogen (secondary N) is 3. The maximum atomic E-state index is 13.4. The average Bonchev–Trinajstić information content (AvgIpc) is 3.48. The molecule has 1 aromatic heterocycles. The summed E-state index contributed by atoms with van der Waals surface area (Å²) in [4.78, 5) is 69.3. The Labute approximate surface area is 303 Å². The van der Waals surface area contributed by atoms with Gasteiger partial charge in [-0.2, -0.15) is 0 Å². The van der Waals surface area contributed by atoms with Crippen LogP contribution in [0.4, 0.5) is 9.59 Å². The molecular formula is C38H59N5O8. The first kappa shape index (κ1) is 42.7. The fourth-order valence-electron chi connectivity index (χ4n) is 5.23. The molecule has 1 heterocycles. The Kier molecular flexibility index (Phi) is 14.8. The normalized spacial score (nSPS) is 14.4. The summed E-state index contributed by atoms with van der Waals surface area (Å²) in [6, 6.07) is 2.97. The van der Waals surface area contributed by atoms with Gasteiger partial charge in [-0.3, -0.25) is 14.2 Å². The number of rotatable bonds is 13. The number of amides is 3. The van der Waals surface area contributed by atoms with Gasteiger partial charge >= 0.3 is 18.2 Å².